The molecule has 5 heteroatoms. The molecular formula is C28H32N2O3. The summed E-state index contributed by atoms with van der Waals surface area (Å²) in [6, 6.07) is 15.5. The number of aryl methyl sites for hydroxylation is 3. The summed E-state index contributed by atoms with van der Waals surface area (Å²) in [7, 11) is 1.37. The molecule has 0 saturated heterocycles. The summed E-state index contributed by atoms with van der Waals surface area (Å²) in [6.07, 6.45) is 5.31. The summed E-state index contributed by atoms with van der Waals surface area (Å²) in [6.45, 7) is 6.49. The number of hydrogen-bond donors (Lipinski definition) is 1. The lowest BCUT2D eigenvalue weighted by Crippen LogP contribution is -2.21. The highest BCUT2D eigenvalue weighted by Gasteiger charge is 2.27. The second-order valence-electron chi connectivity index (χ2n) is 9.54. The van der Waals surface area contributed by atoms with Crippen LogP contribution < -0.4 is 5.32 Å². The maximum Gasteiger partial charge on any atom is 0.337 e. The third kappa shape index (κ3) is 6.32. The Labute approximate surface area is 196 Å². The summed E-state index contributed by atoms with van der Waals surface area (Å²) in [4.78, 5) is 24.3. The Morgan fingerprint density at radius 1 is 1.06 bits per heavy atom. The first kappa shape index (κ1) is 24.3. The van der Waals surface area contributed by atoms with E-state index in [0.29, 0.717) is 11.3 Å². The third-order valence-electron chi connectivity index (χ3n) is 6.56. The van der Waals surface area contributed by atoms with Gasteiger partial charge < -0.3 is 10.1 Å². The van der Waals surface area contributed by atoms with Crippen molar-refractivity contribution in [2.24, 2.45) is 5.41 Å². The van der Waals surface area contributed by atoms with Crippen molar-refractivity contribution in [2.45, 2.75) is 59.3 Å². The molecule has 2 aromatic rings. The molecule has 0 aliphatic heterocycles. The van der Waals surface area contributed by atoms with Crippen LogP contribution in [0.2, 0.25) is 0 Å². The number of esters is 1. The molecule has 1 fully saturated rings. The minimum absolute atomic E-state index is 0.266. The lowest BCUT2D eigenvalue weighted by Gasteiger charge is -2.31. The molecule has 1 aliphatic carbocycles. The summed E-state index contributed by atoms with van der Waals surface area (Å²) in [5.74, 6) is -0.650. The van der Waals surface area contributed by atoms with Crippen LogP contribution in [0.4, 0.5) is 5.69 Å². The predicted octanol–water partition coefficient (Wildman–Crippen LogP) is 5.93. The standard InChI is InChI=1S/C28H32N2O3/c1-19-17-24(30-26(31)25(18-29)22-13-15-28(2,3)16-14-22)12-11-21(19)8-5-20-6-9-23(10-7-20)27(32)33-4/h6-7,9-12,17H,5,8,13-16H2,1-4H3,(H,30,31). The van der Waals surface area contributed by atoms with Gasteiger partial charge in [-0.2, -0.15) is 5.26 Å². The van der Waals surface area contributed by atoms with Crippen LogP contribution in [-0.2, 0) is 22.4 Å². The highest BCUT2D eigenvalue weighted by atomic mass is 16.5. The quantitative estimate of drug-likeness (QED) is 0.340. The van der Waals surface area contributed by atoms with E-state index in [-0.39, 0.29) is 22.9 Å². The molecule has 0 unspecified atom stereocenters. The molecule has 1 amide bonds. The van der Waals surface area contributed by atoms with Gasteiger partial charge in [0.05, 0.1) is 12.7 Å². The van der Waals surface area contributed by atoms with Gasteiger partial charge in [-0.15, -0.1) is 0 Å². The number of hydrogen-bond acceptors (Lipinski definition) is 4. The lowest BCUT2D eigenvalue weighted by molar-refractivity contribution is -0.112. The van der Waals surface area contributed by atoms with Crippen molar-refractivity contribution in [3.63, 3.8) is 0 Å². The van der Waals surface area contributed by atoms with Crippen LogP contribution in [0.5, 0.6) is 0 Å². The van der Waals surface area contributed by atoms with Gasteiger partial charge in [-0.25, -0.2) is 4.79 Å². The van der Waals surface area contributed by atoms with E-state index in [4.69, 9.17) is 4.74 Å². The van der Waals surface area contributed by atoms with E-state index in [1.807, 2.05) is 37.3 Å². The Morgan fingerprint density at radius 3 is 2.30 bits per heavy atom. The first-order valence-electron chi connectivity index (χ1n) is 11.4. The highest BCUT2D eigenvalue weighted by Crippen LogP contribution is 2.38. The predicted molar refractivity (Wildman–Crippen MR) is 130 cm³/mol. The second kappa shape index (κ2) is 10.5. The number of amides is 1. The molecular weight excluding hydrogens is 412 g/mol. The Bertz CT molecular complexity index is 1090. The molecule has 2 aromatic carbocycles. The molecule has 3 rings (SSSR count). The van der Waals surface area contributed by atoms with Crippen LogP contribution in [0, 0.1) is 23.7 Å². The fourth-order valence-corrected chi connectivity index (χ4v) is 4.22. The van der Waals surface area contributed by atoms with Crippen molar-refractivity contribution >= 4 is 17.6 Å². The largest absolute Gasteiger partial charge is 0.465 e. The number of rotatable bonds is 6. The van der Waals surface area contributed by atoms with Crippen LogP contribution in [0.25, 0.3) is 0 Å². The number of ether oxygens (including phenoxy) is 1. The van der Waals surface area contributed by atoms with Gasteiger partial charge >= 0.3 is 5.97 Å². The first-order valence-corrected chi connectivity index (χ1v) is 11.4. The SMILES string of the molecule is COC(=O)c1ccc(CCc2ccc(NC(=O)C(C#N)=C3CCC(C)(C)CC3)cc2C)cc1. The number of anilines is 1. The second-order valence-corrected chi connectivity index (χ2v) is 9.54. The van der Waals surface area contributed by atoms with Crippen LogP contribution in [0.3, 0.4) is 0 Å². The number of benzene rings is 2. The number of nitrogens with one attached hydrogen (secondary N) is 1. The van der Waals surface area contributed by atoms with Gasteiger partial charge in [-0.1, -0.05) is 32.0 Å². The van der Waals surface area contributed by atoms with E-state index in [2.05, 4.69) is 25.2 Å². The fraction of sp³-hybridized carbons (Fsp3) is 0.393. The van der Waals surface area contributed by atoms with Crippen molar-refractivity contribution in [3.05, 3.63) is 75.9 Å². The third-order valence-corrected chi connectivity index (χ3v) is 6.56. The summed E-state index contributed by atoms with van der Waals surface area (Å²) in [5, 5.41) is 12.5. The summed E-state index contributed by atoms with van der Waals surface area (Å²) < 4.78 is 4.73. The van der Waals surface area contributed by atoms with Crippen LogP contribution >= 0.6 is 0 Å². The van der Waals surface area contributed by atoms with Crippen molar-refractivity contribution < 1.29 is 14.3 Å². The number of carbonyl (C=O) groups is 2. The topological polar surface area (TPSA) is 79.2 Å². The average Bonchev–Trinajstić information content (AvgIpc) is 2.80. The zero-order valence-electron chi connectivity index (χ0n) is 20.0. The molecule has 5 nitrogen and oxygen atoms in total. The highest BCUT2D eigenvalue weighted by molar-refractivity contribution is 6.07. The molecule has 1 saturated carbocycles. The monoisotopic (exact) mass is 444 g/mol. The van der Waals surface area contributed by atoms with Gasteiger partial charge in [0.2, 0.25) is 0 Å². The van der Waals surface area contributed by atoms with Gasteiger partial charge in [-0.05, 0) is 97.4 Å². The molecule has 0 radical (unpaired) electrons. The number of nitrogens with zero attached hydrogens (tertiary/aromatic N) is 1. The maximum atomic E-state index is 12.8. The molecule has 0 spiro atoms. The molecule has 0 bridgehead atoms. The van der Waals surface area contributed by atoms with E-state index >= 15 is 0 Å². The van der Waals surface area contributed by atoms with Crippen LogP contribution in [0.15, 0.2) is 53.6 Å². The van der Waals surface area contributed by atoms with E-state index < -0.39 is 0 Å². The van der Waals surface area contributed by atoms with Crippen molar-refractivity contribution in [2.75, 3.05) is 12.4 Å². The van der Waals surface area contributed by atoms with Crippen molar-refractivity contribution in [3.8, 4) is 6.07 Å². The Hall–Kier alpha value is -3.39. The van der Waals surface area contributed by atoms with Gasteiger partial charge in [0, 0.05) is 5.69 Å². The van der Waals surface area contributed by atoms with Gasteiger partial charge in [-0.3, -0.25) is 4.79 Å². The van der Waals surface area contributed by atoms with E-state index in [9.17, 15) is 14.9 Å². The maximum absolute atomic E-state index is 12.8. The van der Waals surface area contributed by atoms with Gasteiger partial charge in [0.25, 0.3) is 5.91 Å². The fourth-order valence-electron chi connectivity index (χ4n) is 4.22. The minimum Gasteiger partial charge on any atom is -0.465 e. The molecule has 172 valence electrons. The molecule has 1 aliphatic rings. The molecule has 33 heavy (non-hydrogen) atoms. The smallest absolute Gasteiger partial charge is 0.337 e. The van der Waals surface area contributed by atoms with E-state index in [1.165, 1.54) is 12.7 Å². The Balaban J connectivity index is 1.62. The van der Waals surface area contributed by atoms with Gasteiger partial charge in [0.1, 0.15) is 11.6 Å². The van der Waals surface area contributed by atoms with Crippen LogP contribution in [0.1, 0.15) is 66.6 Å². The zero-order chi connectivity index (χ0) is 24.0. The van der Waals surface area contributed by atoms with Gasteiger partial charge in [0.15, 0.2) is 0 Å². The number of methoxy groups -OCH3 is 1. The molecule has 0 atom stereocenters. The van der Waals surface area contributed by atoms with Crippen molar-refractivity contribution in [1.82, 2.24) is 0 Å². The number of allylic oxidation sites excluding steroid dienone is 1. The van der Waals surface area contributed by atoms with Crippen LogP contribution in [-0.4, -0.2) is 19.0 Å². The first-order chi connectivity index (χ1) is 15.7. The average molecular weight is 445 g/mol. The number of carbonyl (C=O) groups excluding carboxylic acids is 2. The summed E-state index contributed by atoms with van der Waals surface area (Å²) >= 11 is 0. The van der Waals surface area contributed by atoms with Crippen molar-refractivity contribution in [1.29, 1.82) is 5.26 Å². The minimum atomic E-state index is -0.336. The Morgan fingerprint density at radius 2 is 1.73 bits per heavy atom. The van der Waals surface area contributed by atoms with E-state index in [1.54, 1.807) is 12.1 Å². The normalized spacial score (nSPS) is 14.8. The number of nitriles is 1. The molecule has 1 N–H and O–H groups in total. The lowest BCUT2D eigenvalue weighted by atomic mass is 9.74. The summed E-state index contributed by atoms with van der Waals surface area (Å²) in [5.41, 5.74) is 6.18. The molecule has 0 aromatic heterocycles. The van der Waals surface area contributed by atoms with E-state index in [0.717, 1.165) is 55.2 Å². The Kier molecular flexibility index (Phi) is 7.71. The zero-order valence-corrected chi connectivity index (χ0v) is 20.0. The molecule has 0 heterocycles.